The molecule has 1 fully saturated rings. The Bertz CT molecular complexity index is 1100. The van der Waals surface area contributed by atoms with Gasteiger partial charge in [0.25, 0.3) is 11.7 Å². The van der Waals surface area contributed by atoms with Crippen molar-refractivity contribution in [3.05, 3.63) is 58.7 Å². The lowest BCUT2D eigenvalue weighted by Gasteiger charge is -2.26. The highest BCUT2D eigenvalue weighted by Crippen LogP contribution is 2.45. The van der Waals surface area contributed by atoms with E-state index in [4.69, 9.17) is 14.2 Å². The number of aryl methyl sites for hydroxylation is 1. The monoisotopic (exact) mass is 467 g/mol. The van der Waals surface area contributed by atoms with Crippen LogP contribution in [-0.2, 0) is 9.59 Å². The number of methoxy groups -OCH3 is 2. The van der Waals surface area contributed by atoms with Crippen molar-refractivity contribution in [2.75, 3.05) is 27.4 Å². The van der Waals surface area contributed by atoms with Crippen molar-refractivity contribution in [1.82, 2.24) is 4.90 Å². The normalized spacial score (nSPS) is 17.4. The number of aliphatic hydroxyl groups excluding tert-OH is 1. The van der Waals surface area contributed by atoms with Crippen molar-refractivity contribution in [3.63, 3.8) is 0 Å². The Balaban J connectivity index is 2.17. The standard InChI is InChI=1S/C27H33NO6/c1-7-13-28-23(19-9-8-10-21(32-5)26(19)33-6)22(25(30)27(28)31)24(29)18-11-12-20(17(4)14-18)34-15-16(2)3/h8-12,14,16,23,29H,7,13,15H2,1-6H3/b24-22+. The molecular formula is C27H33NO6. The predicted molar refractivity (Wildman–Crippen MR) is 130 cm³/mol. The summed E-state index contributed by atoms with van der Waals surface area (Å²) in [6, 6.07) is 9.73. The molecule has 1 amide bonds. The van der Waals surface area contributed by atoms with E-state index in [9.17, 15) is 14.7 Å². The molecule has 3 rings (SSSR count). The van der Waals surface area contributed by atoms with Gasteiger partial charge < -0.3 is 24.2 Å². The van der Waals surface area contributed by atoms with Gasteiger partial charge in [0.15, 0.2) is 11.5 Å². The summed E-state index contributed by atoms with van der Waals surface area (Å²) in [5.41, 5.74) is 1.86. The number of aliphatic hydroxyl groups is 1. The zero-order valence-corrected chi connectivity index (χ0v) is 20.7. The van der Waals surface area contributed by atoms with Crippen LogP contribution >= 0.6 is 0 Å². The maximum absolute atomic E-state index is 13.2. The van der Waals surface area contributed by atoms with Crippen molar-refractivity contribution in [1.29, 1.82) is 0 Å². The summed E-state index contributed by atoms with van der Waals surface area (Å²) < 4.78 is 16.9. The van der Waals surface area contributed by atoms with Crippen LogP contribution in [0.25, 0.3) is 5.76 Å². The highest BCUT2D eigenvalue weighted by atomic mass is 16.5. The average Bonchev–Trinajstić information content (AvgIpc) is 3.07. The molecule has 1 atom stereocenters. The van der Waals surface area contributed by atoms with E-state index in [1.807, 2.05) is 13.8 Å². The van der Waals surface area contributed by atoms with Gasteiger partial charge in [-0.15, -0.1) is 0 Å². The average molecular weight is 468 g/mol. The predicted octanol–water partition coefficient (Wildman–Crippen LogP) is 4.88. The number of rotatable bonds is 9. The molecule has 1 heterocycles. The van der Waals surface area contributed by atoms with Gasteiger partial charge >= 0.3 is 0 Å². The molecule has 0 aromatic heterocycles. The maximum atomic E-state index is 13.2. The van der Waals surface area contributed by atoms with Gasteiger partial charge in [-0.25, -0.2) is 0 Å². The van der Waals surface area contributed by atoms with E-state index in [2.05, 4.69) is 13.8 Å². The van der Waals surface area contributed by atoms with Crippen LogP contribution < -0.4 is 14.2 Å². The Morgan fingerprint density at radius 2 is 1.82 bits per heavy atom. The van der Waals surface area contributed by atoms with Crippen molar-refractivity contribution in [2.45, 2.75) is 40.2 Å². The number of carbonyl (C=O) groups is 2. The van der Waals surface area contributed by atoms with Crippen LogP contribution in [0.3, 0.4) is 0 Å². The molecule has 7 heteroatoms. The summed E-state index contributed by atoms with van der Waals surface area (Å²) in [4.78, 5) is 27.6. The molecule has 0 radical (unpaired) electrons. The van der Waals surface area contributed by atoms with Gasteiger partial charge in [-0.3, -0.25) is 9.59 Å². The highest BCUT2D eigenvalue weighted by Gasteiger charge is 2.47. The highest BCUT2D eigenvalue weighted by molar-refractivity contribution is 6.46. The first-order valence-electron chi connectivity index (χ1n) is 11.5. The molecular weight excluding hydrogens is 434 g/mol. The second-order valence-electron chi connectivity index (χ2n) is 8.76. The molecule has 2 aromatic rings. The van der Waals surface area contributed by atoms with E-state index in [-0.39, 0.29) is 11.3 Å². The van der Waals surface area contributed by atoms with Gasteiger partial charge in [0.2, 0.25) is 0 Å². The molecule has 1 saturated heterocycles. The molecule has 182 valence electrons. The summed E-state index contributed by atoms with van der Waals surface area (Å²) in [5, 5.41) is 11.3. The largest absolute Gasteiger partial charge is 0.507 e. The lowest BCUT2D eigenvalue weighted by atomic mass is 9.94. The van der Waals surface area contributed by atoms with Crippen molar-refractivity contribution >= 4 is 17.4 Å². The van der Waals surface area contributed by atoms with Crippen LogP contribution in [0.15, 0.2) is 42.0 Å². The SMILES string of the molecule is CCCN1C(=O)C(=O)/C(=C(/O)c2ccc(OCC(C)C)c(C)c2)C1c1cccc(OC)c1OC. The van der Waals surface area contributed by atoms with Crippen LogP contribution in [0, 0.1) is 12.8 Å². The molecule has 2 aromatic carbocycles. The third-order valence-electron chi connectivity index (χ3n) is 5.75. The number of carbonyl (C=O) groups excluding carboxylic acids is 2. The molecule has 0 spiro atoms. The van der Waals surface area contributed by atoms with Crippen molar-refractivity contribution in [3.8, 4) is 17.2 Å². The zero-order valence-electron chi connectivity index (χ0n) is 20.7. The number of ketones is 1. The van der Waals surface area contributed by atoms with E-state index in [1.54, 1.807) is 36.4 Å². The number of hydrogen-bond donors (Lipinski definition) is 1. The van der Waals surface area contributed by atoms with Crippen LogP contribution in [-0.4, -0.2) is 49.1 Å². The number of nitrogens with zero attached hydrogens (tertiary/aromatic N) is 1. The molecule has 1 unspecified atom stereocenters. The molecule has 34 heavy (non-hydrogen) atoms. The van der Waals surface area contributed by atoms with Gasteiger partial charge in [0, 0.05) is 17.7 Å². The summed E-state index contributed by atoms with van der Waals surface area (Å²) in [7, 11) is 3.03. The number of ether oxygens (including phenoxy) is 3. The van der Waals surface area contributed by atoms with Gasteiger partial charge in [-0.2, -0.15) is 0 Å². The van der Waals surface area contributed by atoms with Crippen molar-refractivity contribution < 1.29 is 28.9 Å². The van der Waals surface area contributed by atoms with E-state index < -0.39 is 17.7 Å². The summed E-state index contributed by atoms with van der Waals surface area (Å²) in [6.45, 7) is 8.87. The second kappa shape index (κ2) is 10.6. The molecule has 0 saturated carbocycles. The molecule has 1 N–H and O–H groups in total. The first-order chi connectivity index (χ1) is 16.2. The minimum absolute atomic E-state index is 0.0280. The minimum atomic E-state index is -0.804. The summed E-state index contributed by atoms with van der Waals surface area (Å²) in [5.74, 6) is 0.375. The lowest BCUT2D eigenvalue weighted by Crippen LogP contribution is -2.30. The van der Waals surface area contributed by atoms with Crippen molar-refractivity contribution in [2.24, 2.45) is 5.92 Å². The van der Waals surface area contributed by atoms with E-state index in [1.165, 1.54) is 19.1 Å². The third-order valence-corrected chi connectivity index (χ3v) is 5.75. The number of likely N-dealkylation sites (tertiary alicyclic amines) is 1. The van der Waals surface area contributed by atoms with Crippen LogP contribution in [0.2, 0.25) is 0 Å². The Kier molecular flexibility index (Phi) is 7.87. The number of amides is 1. The maximum Gasteiger partial charge on any atom is 0.295 e. The Hall–Kier alpha value is -3.48. The van der Waals surface area contributed by atoms with Crippen LogP contribution in [0.5, 0.6) is 17.2 Å². The van der Waals surface area contributed by atoms with Crippen LogP contribution in [0.1, 0.15) is 49.9 Å². The molecule has 0 bridgehead atoms. The number of benzene rings is 2. The van der Waals surface area contributed by atoms with Gasteiger partial charge in [0.1, 0.15) is 11.5 Å². The minimum Gasteiger partial charge on any atom is -0.507 e. The number of hydrogen-bond acceptors (Lipinski definition) is 6. The third kappa shape index (κ3) is 4.74. The molecule has 0 aliphatic carbocycles. The van der Waals surface area contributed by atoms with Gasteiger partial charge in [-0.1, -0.05) is 32.9 Å². The number of para-hydroxylation sites is 1. The molecule has 1 aliphatic heterocycles. The molecule has 7 nitrogen and oxygen atoms in total. The second-order valence-corrected chi connectivity index (χ2v) is 8.76. The van der Waals surface area contributed by atoms with Crippen LogP contribution in [0.4, 0.5) is 0 Å². The smallest absolute Gasteiger partial charge is 0.295 e. The number of Topliss-reactive ketones (excluding diaryl/α,β-unsaturated/α-hetero) is 1. The van der Waals surface area contributed by atoms with Gasteiger partial charge in [-0.05, 0) is 49.1 Å². The fourth-order valence-electron chi connectivity index (χ4n) is 4.17. The Morgan fingerprint density at radius 3 is 2.41 bits per heavy atom. The van der Waals surface area contributed by atoms with Gasteiger partial charge in [0.05, 0.1) is 32.4 Å². The molecule has 1 aliphatic rings. The van der Waals surface area contributed by atoms with E-state index >= 15 is 0 Å². The first-order valence-corrected chi connectivity index (χ1v) is 11.5. The summed E-state index contributed by atoms with van der Waals surface area (Å²) >= 11 is 0. The Labute approximate surface area is 200 Å². The van der Waals surface area contributed by atoms with E-state index in [0.717, 1.165) is 5.56 Å². The quantitative estimate of drug-likeness (QED) is 0.321. The summed E-state index contributed by atoms with van der Waals surface area (Å²) in [6.07, 6.45) is 0.650. The fourth-order valence-corrected chi connectivity index (χ4v) is 4.17. The van der Waals surface area contributed by atoms with E-state index in [0.29, 0.717) is 53.9 Å². The first kappa shape index (κ1) is 25.1. The topological polar surface area (TPSA) is 85.3 Å². The lowest BCUT2D eigenvalue weighted by molar-refractivity contribution is -0.139. The fraction of sp³-hybridized carbons (Fsp3) is 0.407. The zero-order chi connectivity index (χ0) is 25.0. The Morgan fingerprint density at radius 1 is 1.09 bits per heavy atom.